The van der Waals surface area contributed by atoms with Gasteiger partial charge >= 0.3 is 6.18 Å². The van der Waals surface area contributed by atoms with Crippen molar-refractivity contribution in [3.8, 4) is 6.07 Å². The highest BCUT2D eigenvalue weighted by molar-refractivity contribution is 8.00. The van der Waals surface area contributed by atoms with Crippen LogP contribution in [0.3, 0.4) is 0 Å². The van der Waals surface area contributed by atoms with E-state index in [1.807, 2.05) is 6.92 Å². The van der Waals surface area contributed by atoms with Gasteiger partial charge in [0.15, 0.2) is 0 Å². The fourth-order valence-electron chi connectivity index (χ4n) is 3.32. The van der Waals surface area contributed by atoms with Crippen LogP contribution in [0.5, 0.6) is 0 Å². The zero-order chi connectivity index (χ0) is 19.8. The lowest BCUT2D eigenvalue weighted by atomic mass is 9.98. The Balaban J connectivity index is 1.83. The van der Waals surface area contributed by atoms with Gasteiger partial charge in [0.25, 0.3) is 0 Å². The third kappa shape index (κ3) is 4.52. The molecule has 1 aliphatic carbocycles. The van der Waals surface area contributed by atoms with Crippen LogP contribution in [0.15, 0.2) is 23.1 Å². The first-order valence-corrected chi connectivity index (χ1v) is 9.85. The Morgan fingerprint density at radius 1 is 1.37 bits per heavy atom. The molecule has 1 saturated carbocycles. The predicted octanol–water partition coefficient (Wildman–Crippen LogP) is 4.20. The molecule has 146 valence electrons. The molecular formula is C19H22F3N3OS. The quantitative estimate of drug-likeness (QED) is 0.827. The van der Waals surface area contributed by atoms with Gasteiger partial charge in [0.05, 0.1) is 23.9 Å². The molecule has 2 atom stereocenters. The molecule has 1 N–H and O–H groups in total. The number of benzene rings is 1. The van der Waals surface area contributed by atoms with Gasteiger partial charge in [-0.3, -0.25) is 4.79 Å². The molecule has 4 nitrogen and oxygen atoms in total. The molecule has 1 aromatic carbocycles. The third-order valence-electron chi connectivity index (χ3n) is 5.12. The van der Waals surface area contributed by atoms with Crippen LogP contribution in [0, 0.1) is 17.2 Å². The molecule has 0 bridgehead atoms. The number of anilines is 1. The number of alkyl halides is 3. The molecule has 1 aromatic rings. The first-order chi connectivity index (χ1) is 12.6. The van der Waals surface area contributed by atoms with Crippen molar-refractivity contribution in [3.05, 3.63) is 23.8 Å². The van der Waals surface area contributed by atoms with Gasteiger partial charge in [0.1, 0.15) is 5.54 Å². The molecule has 1 amide bonds. The highest BCUT2D eigenvalue weighted by Crippen LogP contribution is 2.41. The van der Waals surface area contributed by atoms with Crippen LogP contribution < -0.4 is 10.2 Å². The Bertz CT molecular complexity index is 772. The number of nitrogens with one attached hydrogen (secondary N) is 1. The number of fused-ring (bicyclic) bond motifs is 1. The van der Waals surface area contributed by atoms with E-state index in [2.05, 4.69) is 11.4 Å². The zero-order valence-corrected chi connectivity index (χ0v) is 16.1. The predicted molar refractivity (Wildman–Crippen MR) is 98.5 cm³/mol. The van der Waals surface area contributed by atoms with Gasteiger partial charge < -0.3 is 10.2 Å². The van der Waals surface area contributed by atoms with Gasteiger partial charge in [-0.15, -0.1) is 11.8 Å². The van der Waals surface area contributed by atoms with Crippen molar-refractivity contribution in [1.82, 2.24) is 5.32 Å². The minimum atomic E-state index is -4.43. The molecule has 2 aliphatic rings. The van der Waals surface area contributed by atoms with Crippen molar-refractivity contribution in [2.24, 2.45) is 5.92 Å². The van der Waals surface area contributed by atoms with Crippen molar-refractivity contribution in [2.75, 3.05) is 18.0 Å². The number of rotatable bonds is 4. The SMILES string of the molecule is C[C@H]1CCN(CC(=O)N[C@@](C)(C#N)C2CC2)c2cc(C(F)(F)F)ccc2S1. The highest BCUT2D eigenvalue weighted by Gasteiger charge is 2.43. The molecule has 0 saturated heterocycles. The maximum absolute atomic E-state index is 13.1. The van der Waals surface area contributed by atoms with Crippen molar-refractivity contribution in [1.29, 1.82) is 5.26 Å². The smallest absolute Gasteiger partial charge is 0.361 e. The lowest BCUT2D eigenvalue weighted by Gasteiger charge is -2.28. The molecule has 27 heavy (non-hydrogen) atoms. The second-order valence-electron chi connectivity index (χ2n) is 7.46. The van der Waals surface area contributed by atoms with Gasteiger partial charge in [-0.2, -0.15) is 18.4 Å². The second kappa shape index (κ2) is 7.27. The fraction of sp³-hybridized carbons (Fsp3) is 0.579. The zero-order valence-electron chi connectivity index (χ0n) is 15.3. The molecule has 0 radical (unpaired) electrons. The largest absolute Gasteiger partial charge is 0.416 e. The summed E-state index contributed by atoms with van der Waals surface area (Å²) in [6.07, 6.45) is -1.87. The summed E-state index contributed by atoms with van der Waals surface area (Å²) < 4.78 is 39.4. The average Bonchev–Trinajstić information content (AvgIpc) is 3.43. The lowest BCUT2D eigenvalue weighted by molar-refractivity contribution is -0.137. The van der Waals surface area contributed by atoms with E-state index in [4.69, 9.17) is 0 Å². The summed E-state index contributed by atoms with van der Waals surface area (Å²) >= 11 is 1.52. The number of amides is 1. The minimum absolute atomic E-state index is 0.0639. The van der Waals surface area contributed by atoms with E-state index in [1.165, 1.54) is 17.8 Å². The van der Waals surface area contributed by atoms with Crippen LogP contribution >= 0.6 is 11.8 Å². The van der Waals surface area contributed by atoms with E-state index in [1.54, 1.807) is 11.8 Å². The average molecular weight is 397 g/mol. The van der Waals surface area contributed by atoms with Crippen LogP contribution in [0.25, 0.3) is 0 Å². The third-order valence-corrected chi connectivity index (χ3v) is 6.36. The van der Waals surface area contributed by atoms with Crippen molar-refractivity contribution in [2.45, 2.75) is 55.0 Å². The summed E-state index contributed by atoms with van der Waals surface area (Å²) in [6.45, 7) is 4.16. The normalized spacial score (nSPS) is 22.2. The number of hydrogen-bond donors (Lipinski definition) is 1. The first kappa shape index (κ1) is 19.9. The molecule has 1 aliphatic heterocycles. The van der Waals surface area contributed by atoms with E-state index in [0.717, 1.165) is 36.3 Å². The van der Waals surface area contributed by atoms with Crippen molar-refractivity contribution >= 4 is 23.4 Å². The van der Waals surface area contributed by atoms with E-state index in [-0.39, 0.29) is 23.6 Å². The van der Waals surface area contributed by atoms with Crippen molar-refractivity contribution < 1.29 is 18.0 Å². The molecular weight excluding hydrogens is 375 g/mol. The summed E-state index contributed by atoms with van der Waals surface area (Å²) in [6, 6.07) is 5.87. The number of carbonyl (C=O) groups is 1. The molecule has 3 rings (SSSR count). The first-order valence-electron chi connectivity index (χ1n) is 8.97. The summed E-state index contributed by atoms with van der Waals surface area (Å²) in [5.74, 6) is -0.191. The Labute approximate surface area is 161 Å². The van der Waals surface area contributed by atoms with E-state index >= 15 is 0 Å². The van der Waals surface area contributed by atoms with Gasteiger partial charge in [-0.05, 0) is 50.3 Å². The summed E-state index contributed by atoms with van der Waals surface area (Å²) in [5.41, 5.74) is -1.21. The Hall–Kier alpha value is -1.88. The molecule has 1 fully saturated rings. The number of hydrogen-bond acceptors (Lipinski definition) is 4. The van der Waals surface area contributed by atoms with Gasteiger partial charge in [0.2, 0.25) is 5.91 Å². The molecule has 0 spiro atoms. The van der Waals surface area contributed by atoms with E-state index in [0.29, 0.717) is 12.2 Å². The van der Waals surface area contributed by atoms with E-state index < -0.39 is 17.3 Å². The standard InChI is InChI=1S/C19H22F3N3OS/c1-12-7-8-25(10-17(26)24-18(2,11-23)13-3-4-13)15-9-14(19(20,21)22)5-6-16(15)27-12/h5-6,9,12-13H,3-4,7-8,10H2,1-2H3,(H,24,26)/t12-,18-/m0/s1. The van der Waals surface area contributed by atoms with Crippen molar-refractivity contribution in [3.63, 3.8) is 0 Å². The molecule has 1 heterocycles. The number of nitriles is 1. The maximum Gasteiger partial charge on any atom is 0.416 e. The Morgan fingerprint density at radius 3 is 2.67 bits per heavy atom. The number of carbonyl (C=O) groups excluding carboxylic acids is 1. The minimum Gasteiger partial charge on any atom is -0.361 e. The fourth-order valence-corrected chi connectivity index (χ4v) is 4.44. The summed E-state index contributed by atoms with van der Waals surface area (Å²) in [7, 11) is 0. The van der Waals surface area contributed by atoms with Crippen LogP contribution in [0.1, 0.15) is 38.7 Å². The van der Waals surface area contributed by atoms with Crippen LogP contribution in [-0.2, 0) is 11.0 Å². The monoisotopic (exact) mass is 397 g/mol. The van der Waals surface area contributed by atoms with Crippen LogP contribution in [0.4, 0.5) is 18.9 Å². The Kier molecular flexibility index (Phi) is 5.35. The highest BCUT2D eigenvalue weighted by atomic mass is 32.2. The van der Waals surface area contributed by atoms with Gasteiger partial charge in [-0.25, -0.2) is 0 Å². The lowest BCUT2D eigenvalue weighted by Crippen LogP contribution is -2.50. The Morgan fingerprint density at radius 2 is 2.07 bits per heavy atom. The van der Waals surface area contributed by atoms with Gasteiger partial charge in [0, 0.05) is 16.7 Å². The topological polar surface area (TPSA) is 56.1 Å². The molecule has 0 unspecified atom stereocenters. The van der Waals surface area contributed by atoms with E-state index in [9.17, 15) is 23.2 Å². The maximum atomic E-state index is 13.1. The van der Waals surface area contributed by atoms with Crippen LogP contribution in [0.2, 0.25) is 0 Å². The van der Waals surface area contributed by atoms with Gasteiger partial charge in [-0.1, -0.05) is 6.92 Å². The summed E-state index contributed by atoms with van der Waals surface area (Å²) in [4.78, 5) is 15.0. The number of nitrogens with zero attached hydrogens (tertiary/aromatic N) is 2. The number of halogens is 3. The molecule has 8 heteroatoms. The van der Waals surface area contributed by atoms with Crippen LogP contribution in [-0.4, -0.2) is 29.8 Å². The summed E-state index contributed by atoms with van der Waals surface area (Å²) in [5, 5.41) is 12.4. The second-order valence-corrected chi connectivity index (χ2v) is 8.94. The molecule has 0 aromatic heterocycles. The number of thioether (sulfide) groups is 1.